The molecule has 1 atom stereocenters. The minimum atomic E-state index is -3.18. The molecule has 4 nitrogen and oxygen atoms in total. The van der Waals surface area contributed by atoms with Crippen molar-refractivity contribution in [2.75, 3.05) is 4.72 Å². The molecule has 0 amide bonds. The van der Waals surface area contributed by atoms with Crippen molar-refractivity contribution in [3.8, 4) is 0 Å². The second kappa shape index (κ2) is 2.95. The fourth-order valence-corrected chi connectivity index (χ4v) is 2.64. The van der Waals surface area contributed by atoms with Crippen LogP contribution in [0.5, 0.6) is 0 Å². The summed E-state index contributed by atoms with van der Waals surface area (Å²) in [4.78, 5) is 4.06. The van der Waals surface area contributed by atoms with Gasteiger partial charge in [-0.3, -0.25) is 9.71 Å². The topological polar surface area (TPSA) is 59.1 Å². The third-order valence-corrected chi connectivity index (χ3v) is 4.15. The van der Waals surface area contributed by atoms with Crippen molar-refractivity contribution in [3.05, 3.63) is 23.5 Å². The number of rotatable bonds is 0. The van der Waals surface area contributed by atoms with Crippen molar-refractivity contribution < 1.29 is 8.42 Å². The molecule has 0 saturated heterocycles. The van der Waals surface area contributed by atoms with Crippen LogP contribution in [0.3, 0.4) is 0 Å². The first-order chi connectivity index (χ1) is 6.49. The molecule has 2 heterocycles. The molecule has 14 heavy (non-hydrogen) atoms. The summed E-state index contributed by atoms with van der Waals surface area (Å²) < 4.78 is 25.5. The average Bonchev–Trinajstić information content (AvgIpc) is 2.08. The van der Waals surface area contributed by atoms with Crippen LogP contribution in [0.25, 0.3) is 0 Å². The molecular weight excluding hydrogens is 200 g/mol. The summed E-state index contributed by atoms with van der Waals surface area (Å²) >= 11 is 0. The molecule has 2 rings (SSSR count). The molecular formula is C9H12N2O2S. The van der Waals surface area contributed by atoms with Gasteiger partial charge in [0.25, 0.3) is 0 Å². The Kier molecular flexibility index (Phi) is 1.99. The molecule has 0 fully saturated rings. The maximum atomic E-state index is 11.5. The maximum absolute atomic E-state index is 11.5. The van der Waals surface area contributed by atoms with E-state index in [2.05, 4.69) is 9.71 Å². The van der Waals surface area contributed by atoms with Crippen molar-refractivity contribution in [2.45, 2.75) is 25.5 Å². The molecule has 0 spiro atoms. The van der Waals surface area contributed by atoms with Gasteiger partial charge in [-0.15, -0.1) is 0 Å². The van der Waals surface area contributed by atoms with Crippen LogP contribution in [0.2, 0.25) is 0 Å². The highest BCUT2D eigenvalue weighted by Gasteiger charge is 2.28. The molecule has 1 aliphatic rings. The van der Waals surface area contributed by atoms with E-state index in [1.807, 2.05) is 13.0 Å². The molecule has 0 bridgehead atoms. The third-order valence-electron chi connectivity index (χ3n) is 2.42. The summed E-state index contributed by atoms with van der Waals surface area (Å²) in [6, 6.07) is 1.92. The highest BCUT2D eigenvalue weighted by Crippen LogP contribution is 2.26. The van der Waals surface area contributed by atoms with Gasteiger partial charge in [-0.05, 0) is 31.9 Å². The molecule has 0 radical (unpaired) electrons. The minimum Gasteiger partial charge on any atom is -0.281 e. The zero-order chi connectivity index (χ0) is 10.3. The van der Waals surface area contributed by atoms with E-state index in [1.165, 1.54) is 0 Å². The van der Waals surface area contributed by atoms with Crippen molar-refractivity contribution >= 4 is 15.7 Å². The van der Waals surface area contributed by atoms with Crippen LogP contribution in [0, 0.1) is 6.92 Å². The normalized spacial score (nSPS) is 23.7. The summed E-state index contributed by atoms with van der Waals surface area (Å²) in [5.74, 6) is 0. The van der Waals surface area contributed by atoms with Gasteiger partial charge in [-0.2, -0.15) is 0 Å². The summed E-state index contributed by atoms with van der Waals surface area (Å²) in [5, 5.41) is -0.364. The van der Waals surface area contributed by atoms with E-state index in [4.69, 9.17) is 0 Å². The highest BCUT2D eigenvalue weighted by molar-refractivity contribution is 7.93. The predicted molar refractivity (Wildman–Crippen MR) is 54.7 cm³/mol. The lowest BCUT2D eigenvalue weighted by Gasteiger charge is -2.23. The number of nitrogens with zero attached hydrogens (tertiary/aromatic N) is 1. The van der Waals surface area contributed by atoms with Gasteiger partial charge in [0.15, 0.2) is 0 Å². The van der Waals surface area contributed by atoms with E-state index < -0.39 is 10.0 Å². The quantitative estimate of drug-likeness (QED) is 0.700. The Hall–Kier alpha value is -1.10. The lowest BCUT2D eigenvalue weighted by molar-refractivity contribution is 0.585. The Labute approximate surface area is 83.4 Å². The smallest absolute Gasteiger partial charge is 0.235 e. The van der Waals surface area contributed by atoms with Gasteiger partial charge in [-0.1, -0.05) is 0 Å². The van der Waals surface area contributed by atoms with Gasteiger partial charge in [-0.25, -0.2) is 8.42 Å². The number of fused-ring (bicyclic) bond motifs is 1. The van der Waals surface area contributed by atoms with E-state index in [0.29, 0.717) is 12.1 Å². The minimum absolute atomic E-state index is 0.364. The molecule has 1 aliphatic heterocycles. The molecule has 0 aromatic carbocycles. The maximum Gasteiger partial charge on any atom is 0.235 e. The number of pyridine rings is 1. The second-order valence-corrected chi connectivity index (χ2v) is 5.74. The van der Waals surface area contributed by atoms with Gasteiger partial charge in [0.05, 0.1) is 17.1 Å². The van der Waals surface area contributed by atoms with Crippen molar-refractivity contribution in [3.63, 3.8) is 0 Å². The molecule has 1 aromatic rings. The standard InChI is InChI=1S/C9H12N2O2S/c1-6-3-8-4-7(2)14(12,13)11-9(8)5-10-6/h3,5,7,11H,4H2,1-2H3/t7-/m1/s1. The van der Waals surface area contributed by atoms with Crippen LogP contribution in [0.4, 0.5) is 5.69 Å². The molecule has 5 heteroatoms. The molecule has 0 aliphatic carbocycles. The van der Waals surface area contributed by atoms with E-state index in [-0.39, 0.29) is 5.25 Å². The number of anilines is 1. The number of sulfonamides is 1. The van der Waals surface area contributed by atoms with Crippen molar-refractivity contribution in [2.24, 2.45) is 0 Å². The monoisotopic (exact) mass is 212 g/mol. The van der Waals surface area contributed by atoms with Crippen LogP contribution in [-0.2, 0) is 16.4 Å². The number of aryl methyl sites for hydroxylation is 1. The van der Waals surface area contributed by atoms with Crippen LogP contribution in [0.1, 0.15) is 18.2 Å². The van der Waals surface area contributed by atoms with Crippen LogP contribution < -0.4 is 4.72 Å². The Morgan fingerprint density at radius 1 is 1.57 bits per heavy atom. The zero-order valence-corrected chi connectivity index (χ0v) is 8.93. The summed E-state index contributed by atoms with van der Waals surface area (Å²) in [6.07, 6.45) is 2.14. The molecule has 76 valence electrons. The Morgan fingerprint density at radius 3 is 3.00 bits per heavy atom. The largest absolute Gasteiger partial charge is 0.281 e. The molecule has 0 saturated carbocycles. The highest BCUT2D eigenvalue weighted by atomic mass is 32.2. The number of hydrogen-bond acceptors (Lipinski definition) is 3. The number of aromatic nitrogens is 1. The second-order valence-electron chi connectivity index (χ2n) is 3.64. The summed E-state index contributed by atoms with van der Waals surface area (Å²) in [6.45, 7) is 3.61. The van der Waals surface area contributed by atoms with Gasteiger partial charge in [0, 0.05) is 5.69 Å². The van der Waals surface area contributed by atoms with E-state index in [9.17, 15) is 8.42 Å². The van der Waals surface area contributed by atoms with Gasteiger partial charge in [0.2, 0.25) is 10.0 Å². The van der Waals surface area contributed by atoms with Gasteiger partial charge in [0.1, 0.15) is 0 Å². The fourth-order valence-electron chi connectivity index (χ4n) is 1.55. The predicted octanol–water partition coefficient (Wildman–Crippen LogP) is 1.08. The third kappa shape index (κ3) is 1.48. The first-order valence-electron chi connectivity index (χ1n) is 4.46. The van der Waals surface area contributed by atoms with Crippen molar-refractivity contribution in [1.29, 1.82) is 0 Å². The van der Waals surface area contributed by atoms with Crippen LogP contribution >= 0.6 is 0 Å². The van der Waals surface area contributed by atoms with Gasteiger partial charge < -0.3 is 0 Å². The number of hydrogen-bond donors (Lipinski definition) is 1. The van der Waals surface area contributed by atoms with E-state index in [1.54, 1.807) is 13.1 Å². The van der Waals surface area contributed by atoms with E-state index >= 15 is 0 Å². The molecule has 1 aromatic heterocycles. The SMILES string of the molecule is Cc1cc2c(cn1)NS(=O)(=O)[C@H](C)C2. The number of nitrogens with one attached hydrogen (secondary N) is 1. The Morgan fingerprint density at radius 2 is 2.29 bits per heavy atom. The zero-order valence-electron chi connectivity index (χ0n) is 8.11. The van der Waals surface area contributed by atoms with Crippen LogP contribution in [-0.4, -0.2) is 18.7 Å². The first kappa shape index (κ1) is 9.45. The summed E-state index contributed by atoms with van der Waals surface area (Å²) in [7, 11) is -3.18. The molecule has 1 N–H and O–H groups in total. The lowest BCUT2D eigenvalue weighted by Crippen LogP contribution is -2.32. The average molecular weight is 212 g/mol. The van der Waals surface area contributed by atoms with Gasteiger partial charge >= 0.3 is 0 Å². The van der Waals surface area contributed by atoms with Crippen molar-refractivity contribution in [1.82, 2.24) is 4.98 Å². The molecule has 0 unspecified atom stereocenters. The van der Waals surface area contributed by atoms with Crippen LogP contribution in [0.15, 0.2) is 12.3 Å². The fraction of sp³-hybridized carbons (Fsp3) is 0.444. The Bertz CT molecular complexity index is 468. The Balaban J connectivity index is 2.51. The first-order valence-corrected chi connectivity index (χ1v) is 6.01. The lowest BCUT2D eigenvalue weighted by atomic mass is 10.1. The summed E-state index contributed by atoms with van der Waals surface area (Å²) in [5.41, 5.74) is 2.56. The van der Waals surface area contributed by atoms with E-state index in [0.717, 1.165) is 11.3 Å².